The van der Waals surface area contributed by atoms with Gasteiger partial charge in [0.1, 0.15) is 5.82 Å². The van der Waals surface area contributed by atoms with Crippen molar-refractivity contribution < 1.29 is 31.9 Å². The maximum atomic E-state index is 14.5. The molecule has 0 radical (unpaired) electrons. The van der Waals surface area contributed by atoms with Gasteiger partial charge >= 0.3 is 6.18 Å². The average Bonchev–Trinajstić information content (AvgIpc) is 3.18. The number of aromatic nitrogens is 1. The number of nitrogens with zero attached hydrogens (tertiary/aromatic N) is 2. The summed E-state index contributed by atoms with van der Waals surface area (Å²) in [5, 5.41) is -0.105. The highest BCUT2D eigenvalue weighted by atomic mass is 35.5. The maximum Gasteiger partial charge on any atom is 0.417 e. The predicted molar refractivity (Wildman–Crippen MR) is 142 cm³/mol. The van der Waals surface area contributed by atoms with Gasteiger partial charge in [-0.25, -0.2) is 9.37 Å². The highest BCUT2D eigenvalue weighted by Gasteiger charge is 2.62. The molecule has 40 heavy (non-hydrogen) atoms. The molecule has 3 aromatic rings. The minimum Gasteiger partial charge on any atom is -0.486 e. The normalized spacial score (nSPS) is 21.1. The van der Waals surface area contributed by atoms with E-state index in [1.54, 1.807) is 0 Å². The first-order valence-corrected chi connectivity index (χ1v) is 13.0. The number of carbonyl (C=O) groups excluding carboxylic acids is 2. The molecule has 2 fully saturated rings. The monoisotopic (exact) mass is 575 g/mol. The van der Waals surface area contributed by atoms with Crippen LogP contribution in [0.25, 0.3) is 11.1 Å². The Hall–Kier alpha value is -3.66. The van der Waals surface area contributed by atoms with Crippen molar-refractivity contribution in [1.29, 1.82) is 0 Å². The van der Waals surface area contributed by atoms with Crippen molar-refractivity contribution in [3.05, 3.63) is 76.2 Å². The van der Waals surface area contributed by atoms with Gasteiger partial charge in [0.05, 0.1) is 22.3 Å². The first-order chi connectivity index (χ1) is 18.7. The van der Waals surface area contributed by atoms with Gasteiger partial charge in [-0.05, 0) is 72.1 Å². The van der Waals surface area contributed by atoms with Crippen molar-refractivity contribution >= 4 is 29.2 Å². The standard InChI is InChI=1S/C29H26ClF4N3O3/c1-28(2)19-11-16(12-20(19)28)40-23-10-15(17-9-14(25(35)38)7-8-18(17)29(32,33)34)13-36-26(23)37(3)27(39)24-21(30)5-4-6-22(24)31/h4-10,13,16,19-20H,11-12H2,1-3H3,(H2,35,38)/t16-,19-,20+. The van der Waals surface area contributed by atoms with Gasteiger partial charge in [-0.15, -0.1) is 0 Å². The van der Waals surface area contributed by atoms with E-state index in [4.69, 9.17) is 22.1 Å². The summed E-state index contributed by atoms with van der Waals surface area (Å²) in [6, 6.07) is 8.01. The minimum atomic E-state index is -4.74. The number of amides is 2. The fraction of sp³-hybridized carbons (Fsp3) is 0.345. The van der Waals surface area contributed by atoms with Crippen LogP contribution in [0.15, 0.2) is 48.7 Å². The third-order valence-electron chi connectivity index (χ3n) is 8.17. The molecule has 0 bridgehead atoms. The first kappa shape index (κ1) is 27.9. The van der Waals surface area contributed by atoms with E-state index in [1.165, 1.54) is 25.2 Å². The third kappa shape index (κ3) is 4.89. The molecule has 0 saturated heterocycles. The average molecular weight is 576 g/mol. The van der Waals surface area contributed by atoms with Crippen LogP contribution in [0.3, 0.4) is 0 Å². The fourth-order valence-corrected chi connectivity index (χ4v) is 6.05. The number of nitrogens with two attached hydrogens (primary N) is 1. The molecule has 0 aliphatic heterocycles. The van der Waals surface area contributed by atoms with Crippen LogP contribution in [0, 0.1) is 23.1 Å². The van der Waals surface area contributed by atoms with Crippen LogP contribution < -0.4 is 15.4 Å². The molecule has 3 atom stereocenters. The Kier molecular flexibility index (Phi) is 6.81. The van der Waals surface area contributed by atoms with Gasteiger partial charge in [0, 0.05) is 24.4 Å². The van der Waals surface area contributed by atoms with Gasteiger partial charge in [-0.3, -0.25) is 14.5 Å². The second-order valence-electron chi connectivity index (χ2n) is 10.9. The largest absolute Gasteiger partial charge is 0.486 e. The van der Waals surface area contributed by atoms with Crippen LogP contribution in [0.1, 0.15) is 53.0 Å². The van der Waals surface area contributed by atoms with Gasteiger partial charge in [0.25, 0.3) is 5.91 Å². The molecule has 2 amide bonds. The van der Waals surface area contributed by atoms with Crippen LogP contribution in [-0.2, 0) is 6.18 Å². The molecule has 2 saturated carbocycles. The summed E-state index contributed by atoms with van der Waals surface area (Å²) in [4.78, 5) is 30.4. The molecule has 2 aliphatic carbocycles. The summed E-state index contributed by atoms with van der Waals surface area (Å²) in [6.07, 6.45) is -2.37. The van der Waals surface area contributed by atoms with E-state index in [2.05, 4.69) is 18.8 Å². The molecule has 11 heteroatoms. The molecule has 1 heterocycles. The van der Waals surface area contributed by atoms with Crippen molar-refractivity contribution in [3.8, 4) is 16.9 Å². The van der Waals surface area contributed by atoms with Crippen molar-refractivity contribution in [3.63, 3.8) is 0 Å². The molecular weight excluding hydrogens is 550 g/mol. The smallest absolute Gasteiger partial charge is 0.417 e. The van der Waals surface area contributed by atoms with Crippen molar-refractivity contribution in [1.82, 2.24) is 4.98 Å². The Balaban J connectivity index is 1.59. The lowest BCUT2D eigenvalue weighted by Crippen LogP contribution is -2.29. The van der Waals surface area contributed by atoms with E-state index >= 15 is 0 Å². The number of fused-ring (bicyclic) bond motifs is 1. The molecule has 2 aromatic carbocycles. The predicted octanol–water partition coefficient (Wildman–Crippen LogP) is 6.75. The number of hydrogen-bond acceptors (Lipinski definition) is 4. The number of ether oxygens (including phenoxy) is 1. The molecule has 1 aromatic heterocycles. The Morgan fingerprint density at radius 3 is 2.40 bits per heavy atom. The summed E-state index contributed by atoms with van der Waals surface area (Å²) in [5.74, 6) is -1.60. The fourth-order valence-electron chi connectivity index (χ4n) is 5.80. The van der Waals surface area contributed by atoms with Crippen molar-refractivity contribution in [2.75, 3.05) is 11.9 Å². The zero-order chi connectivity index (χ0) is 29.1. The van der Waals surface area contributed by atoms with E-state index in [9.17, 15) is 27.2 Å². The second kappa shape index (κ2) is 9.76. The number of hydrogen-bond donors (Lipinski definition) is 1. The van der Waals surface area contributed by atoms with Gasteiger partial charge in [-0.2, -0.15) is 13.2 Å². The number of carbonyl (C=O) groups is 2. The van der Waals surface area contributed by atoms with E-state index < -0.39 is 29.4 Å². The van der Waals surface area contributed by atoms with Gasteiger partial charge in [0.2, 0.25) is 5.91 Å². The molecule has 0 spiro atoms. The number of alkyl halides is 3. The molecule has 0 unspecified atom stereocenters. The zero-order valence-electron chi connectivity index (χ0n) is 21.9. The Labute approximate surface area is 233 Å². The van der Waals surface area contributed by atoms with Crippen LogP contribution in [-0.4, -0.2) is 29.9 Å². The maximum absolute atomic E-state index is 14.5. The summed E-state index contributed by atoms with van der Waals surface area (Å²) >= 11 is 6.10. The zero-order valence-corrected chi connectivity index (χ0v) is 22.6. The summed E-state index contributed by atoms with van der Waals surface area (Å²) in [5.41, 5.74) is 3.72. The number of rotatable bonds is 6. The lowest BCUT2D eigenvalue weighted by Gasteiger charge is -2.25. The summed E-state index contributed by atoms with van der Waals surface area (Å²) < 4.78 is 62.6. The number of pyridine rings is 1. The summed E-state index contributed by atoms with van der Waals surface area (Å²) in [7, 11) is 1.35. The third-order valence-corrected chi connectivity index (χ3v) is 8.48. The Morgan fingerprint density at radius 2 is 1.80 bits per heavy atom. The quantitative estimate of drug-likeness (QED) is 0.330. The lowest BCUT2D eigenvalue weighted by molar-refractivity contribution is -0.137. The van der Waals surface area contributed by atoms with Crippen LogP contribution in [0.2, 0.25) is 5.02 Å². The number of halogens is 5. The number of benzene rings is 2. The highest BCUT2D eigenvalue weighted by Crippen LogP contribution is 2.67. The van der Waals surface area contributed by atoms with Gasteiger partial charge in [-0.1, -0.05) is 31.5 Å². The summed E-state index contributed by atoms with van der Waals surface area (Å²) in [6.45, 7) is 4.36. The van der Waals surface area contributed by atoms with Crippen LogP contribution >= 0.6 is 11.6 Å². The molecular formula is C29H26ClF4N3O3. The van der Waals surface area contributed by atoms with Crippen molar-refractivity contribution in [2.45, 2.75) is 39.0 Å². The minimum absolute atomic E-state index is 0.00225. The molecule has 2 aliphatic rings. The molecule has 210 valence electrons. The molecule has 2 N–H and O–H groups in total. The van der Waals surface area contributed by atoms with Crippen molar-refractivity contribution in [2.24, 2.45) is 23.0 Å². The SMILES string of the molecule is CN(C(=O)c1c(F)cccc1Cl)c1ncc(-c2cc(C(N)=O)ccc2C(F)(F)F)cc1O[C@@H]1C[C@@H]2[C@H](C1)C2(C)C. The lowest BCUT2D eigenvalue weighted by atomic mass is 9.97. The van der Waals surface area contributed by atoms with Gasteiger partial charge in [0.15, 0.2) is 11.6 Å². The number of anilines is 1. The Morgan fingerprint density at radius 1 is 1.12 bits per heavy atom. The van der Waals surface area contributed by atoms with E-state index in [0.717, 1.165) is 48.2 Å². The topological polar surface area (TPSA) is 85.5 Å². The van der Waals surface area contributed by atoms with Crippen LogP contribution in [0.5, 0.6) is 5.75 Å². The molecule has 5 rings (SSSR count). The van der Waals surface area contributed by atoms with E-state index in [1.807, 2.05) is 0 Å². The molecule has 6 nitrogen and oxygen atoms in total. The van der Waals surface area contributed by atoms with Crippen LogP contribution in [0.4, 0.5) is 23.4 Å². The van der Waals surface area contributed by atoms with E-state index in [-0.39, 0.29) is 50.4 Å². The Bertz CT molecular complexity index is 1490. The highest BCUT2D eigenvalue weighted by molar-refractivity contribution is 6.34. The number of primary amides is 1. The van der Waals surface area contributed by atoms with Gasteiger partial charge < -0.3 is 10.5 Å². The second-order valence-corrected chi connectivity index (χ2v) is 11.3. The van der Waals surface area contributed by atoms with E-state index in [0.29, 0.717) is 11.8 Å². The first-order valence-electron chi connectivity index (χ1n) is 12.6.